The quantitative estimate of drug-likeness (QED) is 0.0320. The van der Waals surface area contributed by atoms with Gasteiger partial charge in [0.1, 0.15) is 19.8 Å². The first-order valence-corrected chi connectivity index (χ1v) is 15.3. The van der Waals surface area contributed by atoms with Crippen LogP contribution < -0.4 is 10.6 Å². The number of aliphatic imine (C=N–C) groups is 1. The molecule has 12 nitrogen and oxygen atoms in total. The van der Waals surface area contributed by atoms with Crippen molar-refractivity contribution in [2.45, 2.75) is 64.2 Å². The number of nitrogens with zero attached hydrogens (tertiary/aromatic N) is 1. The third kappa shape index (κ3) is 29.3. The topological polar surface area (TPSA) is 165 Å². The molecule has 0 bridgehead atoms. The van der Waals surface area contributed by atoms with E-state index in [2.05, 4.69) is 38.2 Å². The number of nitrogens with one attached hydrogen (secondary N) is 2. The normalized spacial score (nSPS) is 11.4. The fourth-order valence-corrected chi connectivity index (χ4v) is 3.62. The number of carbonyl (C=O) groups is 3. The van der Waals surface area contributed by atoms with E-state index in [1.807, 2.05) is 0 Å². The minimum Gasteiger partial charge on any atom is -0.480 e. The van der Waals surface area contributed by atoms with Gasteiger partial charge < -0.3 is 39.8 Å². The third-order valence-corrected chi connectivity index (χ3v) is 6.04. The number of ether oxygens (including phenoxy) is 4. The minimum atomic E-state index is -1.03. The number of hydrogen-bond acceptors (Lipinski definition) is 9. The van der Waals surface area contributed by atoms with Crippen molar-refractivity contribution < 1.29 is 43.5 Å². The Bertz CT molecular complexity index is 654. The second kappa shape index (κ2) is 29.4. The van der Waals surface area contributed by atoms with E-state index < -0.39 is 5.97 Å². The summed E-state index contributed by atoms with van der Waals surface area (Å²) in [5.74, 6) is -0.691. The van der Waals surface area contributed by atoms with Crippen LogP contribution in [0.2, 0.25) is 0 Å². The molecule has 0 fully saturated rings. The zero-order valence-electron chi connectivity index (χ0n) is 23.1. The van der Waals surface area contributed by atoms with Crippen LogP contribution in [0.3, 0.4) is 0 Å². The molecule has 4 N–H and O–H groups in total. The van der Waals surface area contributed by atoms with Gasteiger partial charge in [0.15, 0.2) is 0 Å². The molecular formula is C26H48IN3O9. The number of aliphatic hydroxyl groups is 1. The van der Waals surface area contributed by atoms with E-state index in [-0.39, 0.29) is 50.7 Å². The molecule has 0 heterocycles. The summed E-state index contributed by atoms with van der Waals surface area (Å²) in [6.07, 6.45) is 10.7. The van der Waals surface area contributed by atoms with Gasteiger partial charge in [0.25, 0.3) is 0 Å². The number of unbranched alkanes of at least 4 members (excludes halogenated alkanes) is 8. The Morgan fingerprint density at radius 3 is 1.95 bits per heavy atom. The lowest BCUT2D eigenvalue weighted by Crippen LogP contribution is -2.27. The number of hydrogen-bond donors (Lipinski definition) is 4. The van der Waals surface area contributed by atoms with E-state index in [0.717, 1.165) is 38.6 Å². The highest BCUT2D eigenvalue weighted by Gasteiger charge is 2.02. The van der Waals surface area contributed by atoms with Crippen LogP contribution in [0.5, 0.6) is 0 Å². The van der Waals surface area contributed by atoms with Crippen LogP contribution in [0, 0.1) is 0 Å². The summed E-state index contributed by atoms with van der Waals surface area (Å²) < 4.78 is 21.4. The first-order valence-electron chi connectivity index (χ1n) is 13.8. The SMILES string of the molecule is O=C(O)COCCOCCN=C(CO)OCCOCCNC(=O)CCCCCCCCCCCNC(=O)CI. The molecule has 0 unspecified atom stereocenters. The predicted octanol–water partition coefficient (Wildman–Crippen LogP) is 2.10. The molecule has 0 saturated heterocycles. The van der Waals surface area contributed by atoms with Gasteiger partial charge in [-0.05, 0) is 12.8 Å². The lowest BCUT2D eigenvalue weighted by atomic mass is 10.1. The Labute approximate surface area is 246 Å². The lowest BCUT2D eigenvalue weighted by Gasteiger charge is -2.09. The molecular weight excluding hydrogens is 625 g/mol. The van der Waals surface area contributed by atoms with Gasteiger partial charge in [-0.2, -0.15) is 0 Å². The van der Waals surface area contributed by atoms with Crippen LogP contribution in [0.15, 0.2) is 4.99 Å². The summed E-state index contributed by atoms with van der Waals surface area (Å²) in [4.78, 5) is 37.4. The number of carboxylic acids is 1. The number of alkyl halides is 1. The number of amides is 2. The van der Waals surface area contributed by atoms with Crippen LogP contribution in [-0.2, 0) is 33.3 Å². The summed E-state index contributed by atoms with van der Waals surface area (Å²) in [6.45, 7) is 2.47. The highest BCUT2D eigenvalue weighted by molar-refractivity contribution is 14.1. The van der Waals surface area contributed by atoms with Crippen molar-refractivity contribution >= 4 is 46.3 Å². The summed E-state index contributed by atoms with van der Waals surface area (Å²) >= 11 is 2.07. The van der Waals surface area contributed by atoms with E-state index in [9.17, 15) is 19.5 Å². The molecule has 0 rings (SSSR count). The van der Waals surface area contributed by atoms with Gasteiger partial charge in [-0.15, -0.1) is 0 Å². The molecule has 39 heavy (non-hydrogen) atoms. The van der Waals surface area contributed by atoms with Crippen molar-refractivity contribution in [3.63, 3.8) is 0 Å². The average molecular weight is 674 g/mol. The molecule has 2 amide bonds. The number of carboxylic acid groups (broad SMARTS) is 1. The minimum absolute atomic E-state index is 0.0369. The van der Waals surface area contributed by atoms with E-state index in [1.54, 1.807) is 0 Å². The number of rotatable bonds is 28. The number of carbonyl (C=O) groups excluding carboxylic acids is 2. The van der Waals surface area contributed by atoms with Gasteiger partial charge in [0.2, 0.25) is 17.7 Å². The molecule has 13 heteroatoms. The van der Waals surface area contributed by atoms with Gasteiger partial charge in [-0.1, -0.05) is 67.5 Å². The Morgan fingerprint density at radius 2 is 1.28 bits per heavy atom. The molecule has 0 aromatic heterocycles. The van der Waals surface area contributed by atoms with Crippen molar-refractivity contribution in [1.82, 2.24) is 10.6 Å². The molecule has 228 valence electrons. The fraction of sp³-hybridized carbons (Fsp3) is 0.846. The van der Waals surface area contributed by atoms with Gasteiger partial charge in [-0.25, -0.2) is 4.79 Å². The maximum Gasteiger partial charge on any atom is 0.329 e. The molecule has 0 aromatic rings. The highest BCUT2D eigenvalue weighted by Crippen LogP contribution is 2.10. The Morgan fingerprint density at radius 1 is 0.692 bits per heavy atom. The number of aliphatic carboxylic acids is 1. The Balaban J connectivity index is 3.44. The number of aliphatic hydroxyl groups excluding tert-OH is 1. The van der Waals surface area contributed by atoms with Crippen LogP contribution in [0.4, 0.5) is 0 Å². The van der Waals surface area contributed by atoms with Crippen molar-refractivity contribution in [2.75, 3.05) is 76.9 Å². The highest BCUT2D eigenvalue weighted by atomic mass is 127. The molecule has 0 aromatic carbocycles. The predicted molar refractivity (Wildman–Crippen MR) is 157 cm³/mol. The first-order chi connectivity index (χ1) is 19.0. The van der Waals surface area contributed by atoms with Crippen molar-refractivity contribution in [3.8, 4) is 0 Å². The molecule has 0 saturated carbocycles. The van der Waals surface area contributed by atoms with Gasteiger partial charge in [0.05, 0.1) is 44.0 Å². The average Bonchev–Trinajstić information content (AvgIpc) is 2.92. The van der Waals surface area contributed by atoms with Gasteiger partial charge in [0, 0.05) is 19.5 Å². The summed E-state index contributed by atoms with van der Waals surface area (Å²) in [5.41, 5.74) is 0. The Kier molecular flexibility index (Phi) is 28.3. The zero-order chi connectivity index (χ0) is 28.8. The third-order valence-electron chi connectivity index (χ3n) is 5.35. The fourth-order valence-electron chi connectivity index (χ4n) is 3.35. The van der Waals surface area contributed by atoms with Gasteiger partial charge in [-0.3, -0.25) is 14.6 Å². The molecule has 0 aliphatic carbocycles. The van der Waals surface area contributed by atoms with Crippen LogP contribution >= 0.6 is 22.6 Å². The Hall–Kier alpha value is -1.55. The van der Waals surface area contributed by atoms with E-state index in [0.29, 0.717) is 43.8 Å². The standard InChI is InChI=1S/C26H48IN3O9/c27-20-24(33)28-11-9-7-5-3-1-2-4-6-8-10-23(32)29-12-14-37-18-19-39-25(21-31)30-13-15-36-16-17-38-22-26(34)35/h31H,1-22H2,(H,28,33)(H,29,32)(H,34,35). The largest absolute Gasteiger partial charge is 0.480 e. The van der Waals surface area contributed by atoms with E-state index >= 15 is 0 Å². The number of halogens is 1. The van der Waals surface area contributed by atoms with Crippen LogP contribution in [0.1, 0.15) is 64.2 Å². The molecule has 0 spiro atoms. The maximum atomic E-state index is 11.9. The van der Waals surface area contributed by atoms with Crippen molar-refractivity contribution in [3.05, 3.63) is 0 Å². The monoisotopic (exact) mass is 673 g/mol. The first kappa shape index (κ1) is 37.5. The van der Waals surface area contributed by atoms with Crippen molar-refractivity contribution in [2.24, 2.45) is 4.99 Å². The molecule has 0 atom stereocenters. The van der Waals surface area contributed by atoms with Crippen molar-refractivity contribution in [1.29, 1.82) is 0 Å². The molecule has 0 radical (unpaired) electrons. The second-order valence-corrected chi connectivity index (χ2v) is 9.48. The van der Waals surface area contributed by atoms with E-state index in [4.69, 9.17) is 24.1 Å². The second-order valence-electron chi connectivity index (χ2n) is 8.72. The molecule has 0 aliphatic rings. The van der Waals surface area contributed by atoms with Crippen LogP contribution in [0.25, 0.3) is 0 Å². The molecule has 0 aliphatic heterocycles. The van der Waals surface area contributed by atoms with Crippen LogP contribution in [-0.4, -0.2) is 111 Å². The van der Waals surface area contributed by atoms with Gasteiger partial charge >= 0.3 is 5.97 Å². The maximum absolute atomic E-state index is 11.9. The summed E-state index contributed by atoms with van der Waals surface area (Å²) in [5, 5.41) is 23.5. The summed E-state index contributed by atoms with van der Waals surface area (Å²) in [6, 6.07) is 0. The van der Waals surface area contributed by atoms with E-state index in [1.165, 1.54) is 25.7 Å². The summed E-state index contributed by atoms with van der Waals surface area (Å²) in [7, 11) is 0. The smallest absolute Gasteiger partial charge is 0.329 e. The lowest BCUT2D eigenvalue weighted by molar-refractivity contribution is -0.142. The zero-order valence-corrected chi connectivity index (χ0v) is 25.3.